The summed E-state index contributed by atoms with van der Waals surface area (Å²) >= 11 is 0. The van der Waals surface area contributed by atoms with Crippen LogP contribution in [0.15, 0.2) is 24.3 Å². The smallest absolute Gasteiger partial charge is 0.0718 e. The molecule has 2 atom stereocenters. The minimum Gasteiger partial charge on any atom is -0.381 e. The Morgan fingerprint density at radius 2 is 2.33 bits per heavy atom. The molecule has 2 unspecified atom stereocenters. The van der Waals surface area contributed by atoms with Gasteiger partial charge in [-0.25, -0.2) is 0 Å². The van der Waals surface area contributed by atoms with Crippen LogP contribution in [0.5, 0.6) is 0 Å². The highest BCUT2D eigenvalue weighted by molar-refractivity contribution is 5.81. The van der Waals surface area contributed by atoms with Crippen molar-refractivity contribution in [2.24, 2.45) is 18.7 Å². The lowest BCUT2D eigenvalue weighted by Gasteiger charge is -2.16. The Balaban J connectivity index is 1.86. The molecule has 2 aromatic rings. The normalized spacial score (nSPS) is 21.6. The number of hydrogen-bond donors (Lipinski definition) is 1. The molecule has 0 amide bonds. The Labute approximate surface area is 107 Å². The van der Waals surface area contributed by atoms with Gasteiger partial charge >= 0.3 is 0 Å². The maximum absolute atomic E-state index is 6.28. The van der Waals surface area contributed by atoms with E-state index in [0.29, 0.717) is 5.92 Å². The fourth-order valence-corrected chi connectivity index (χ4v) is 2.72. The molecule has 18 heavy (non-hydrogen) atoms. The molecule has 1 aromatic carbocycles. The number of para-hydroxylation sites is 1. The third-order valence-corrected chi connectivity index (χ3v) is 3.83. The Morgan fingerprint density at radius 1 is 1.50 bits per heavy atom. The molecule has 0 aliphatic carbocycles. The first-order chi connectivity index (χ1) is 8.75. The topological polar surface area (TPSA) is 53.1 Å². The van der Waals surface area contributed by atoms with Crippen molar-refractivity contribution in [2.45, 2.75) is 18.9 Å². The van der Waals surface area contributed by atoms with Crippen LogP contribution in [0, 0.1) is 5.92 Å². The minimum atomic E-state index is 0.144. The predicted molar refractivity (Wildman–Crippen MR) is 71.3 cm³/mol. The van der Waals surface area contributed by atoms with Crippen LogP contribution >= 0.6 is 0 Å². The van der Waals surface area contributed by atoms with Crippen LogP contribution in [-0.2, 0) is 18.2 Å². The Kier molecular flexibility index (Phi) is 3.06. The fourth-order valence-electron chi connectivity index (χ4n) is 2.72. The van der Waals surface area contributed by atoms with Crippen molar-refractivity contribution >= 4 is 10.9 Å². The molecule has 2 N–H and O–H groups in total. The van der Waals surface area contributed by atoms with E-state index in [9.17, 15) is 0 Å². The van der Waals surface area contributed by atoms with Crippen molar-refractivity contribution in [1.82, 2.24) is 9.78 Å². The zero-order chi connectivity index (χ0) is 12.5. The predicted octanol–water partition coefficient (Wildman–Crippen LogP) is 1.48. The van der Waals surface area contributed by atoms with Gasteiger partial charge in [-0.3, -0.25) is 4.68 Å². The van der Waals surface area contributed by atoms with Gasteiger partial charge in [0.15, 0.2) is 0 Å². The third kappa shape index (κ3) is 2.02. The minimum absolute atomic E-state index is 0.144. The number of fused-ring (bicyclic) bond motifs is 1. The first-order valence-electron chi connectivity index (χ1n) is 6.49. The number of benzene rings is 1. The van der Waals surface area contributed by atoms with Gasteiger partial charge in [-0.1, -0.05) is 18.2 Å². The summed E-state index contributed by atoms with van der Waals surface area (Å²) in [5.74, 6) is 0.478. The molecule has 0 bridgehead atoms. The van der Waals surface area contributed by atoms with Crippen molar-refractivity contribution in [1.29, 1.82) is 0 Å². The lowest BCUT2D eigenvalue weighted by molar-refractivity contribution is 0.180. The van der Waals surface area contributed by atoms with E-state index in [2.05, 4.69) is 23.3 Å². The second-order valence-electron chi connectivity index (χ2n) is 5.08. The van der Waals surface area contributed by atoms with Crippen LogP contribution in [0.3, 0.4) is 0 Å². The molecule has 1 aromatic heterocycles. The Morgan fingerprint density at radius 3 is 3.11 bits per heavy atom. The summed E-state index contributed by atoms with van der Waals surface area (Å²) in [6.07, 6.45) is 1.90. The van der Waals surface area contributed by atoms with Gasteiger partial charge in [0.1, 0.15) is 0 Å². The van der Waals surface area contributed by atoms with Crippen molar-refractivity contribution in [2.75, 3.05) is 13.2 Å². The molecule has 2 heterocycles. The van der Waals surface area contributed by atoms with Crippen LogP contribution in [-0.4, -0.2) is 29.0 Å². The van der Waals surface area contributed by atoms with Gasteiger partial charge in [-0.05, 0) is 18.4 Å². The van der Waals surface area contributed by atoms with Gasteiger partial charge in [-0.2, -0.15) is 5.10 Å². The molecule has 4 heteroatoms. The van der Waals surface area contributed by atoms with Crippen LogP contribution in [0.4, 0.5) is 0 Å². The lowest BCUT2D eigenvalue weighted by atomic mass is 9.95. The van der Waals surface area contributed by atoms with Crippen molar-refractivity contribution < 1.29 is 4.74 Å². The molecule has 4 nitrogen and oxygen atoms in total. The van der Waals surface area contributed by atoms with E-state index in [1.807, 2.05) is 17.8 Å². The molecule has 1 aliphatic rings. The SMILES string of the molecule is Cn1nc(CC(N)C2CCOC2)c2ccccc21. The standard InChI is InChI=1S/C14H19N3O/c1-17-14-5-3-2-4-11(14)13(16-17)8-12(15)10-6-7-18-9-10/h2-5,10,12H,6-9,15H2,1H3. The van der Waals surface area contributed by atoms with Gasteiger partial charge in [0, 0.05) is 31.5 Å². The van der Waals surface area contributed by atoms with E-state index in [-0.39, 0.29) is 6.04 Å². The summed E-state index contributed by atoms with van der Waals surface area (Å²) < 4.78 is 7.34. The molecule has 0 spiro atoms. The van der Waals surface area contributed by atoms with E-state index < -0.39 is 0 Å². The number of rotatable bonds is 3. The van der Waals surface area contributed by atoms with E-state index in [4.69, 9.17) is 10.5 Å². The fraction of sp³-hybridized carbons (Fsp3) is 0.500. The Bertz CT molecular complexity index is 543. The van der Waals surface area contributed by atoms with E-state index >= 15 is 0 Å². The summed E-state index contributed by atoms with van der Waals surface area (Å²) in [6, 6.07) is 8.45. The molecular weight excluding hydrogens is 226 g/mol. The maximum atomic E-state index is 6.28. The summed E-state index contributed by atoms with van der Waals surface area (Å²) in [5, 5.41) is 5.81. The quantitative estimate of drug-likeness (QED) is 0.891. The zero-order valence-corrected chi connectivity index (χ0v) is 10.7. The van der Waals surface area contributed by atoms with Crippen molar-refractivity contribution in [3.05, 3.63) is 30.0 Å². The largest absolute Gasteiger partial charge is 0.381 e. The maximum Gasteiger partial charge on any atom is 0.0718 e. The molecule has 1 fully saturated rings. The number of nitrogens with zero attached hydrogens (tertiary/aromatic N) is 2. The molecule has 96 valence electrons. The van der Waals surface area contributed by atoms with Crippen LogP contribution in [0.2, 0.25) is 0 Å². The molecule has 1 aliphatic heterocycles. The van der Waals surface area contributed by atoms with E-state index in [1.165, 1.54) is 10.9 Å². The lowest BCUT2D eigenvalue weighted by Crippen LogP contribution is -2.32. The molecule has 1 saturated heterocycles. The number of nitrogens with two attached hydrogens (primary N) is 1. The van der Waals surface area contributed by atoms with Crippen LogP contribution in [0.25, 0.3) is 10.9 Å². The van der Waals surface area contributed by atoms with Crippen molar-refractivity contribution in [3.63, 3.8) is 0 Å². The molecule has 0 radical (unpaired) electrons. The number of ether oxygens (including phenoxy) is 1. The Hall–Kier alpha value is -1.39. The number of hydrogen-bond acceptors (Lipinski definition) is 3. The summed E-state index contributed by atoms with van der Waals surface area (Å²) in [4.78, 5) is 0. The van der Waals surface area contributed by atoms with E-state index in [0.717, 1.165) is 31.7 Å². The van der Waals surface area contributed by atoms with Gasteiger partial charge in [-0.15, -0.1) is 0 Å². The second kappa shape index (κ2) is 4.71. The van der Waals surface area contributed by atoms with Gasteiger partial charge < -0.3 is 10.5 Å². The second-order valence-corrected chi connectivity index (χ2v) is 5.08. The molecule has 3 rings (SSSR count). The van der Waals surface area contributed by atoms with Gasteiger partial charge in [0.25, 0.3) is 0 Å². The van der Waals surface area contributed by atoms with Crippen LogP contribution in [0.1, 0.15) is 12.1 Å². The van der Waals surface area contributed by atoms with Gasteiger partial charge in [0.05, 0.1) is 17.8 Å². The van der Waals surface area contributed by atoms with Crippen molar-refractivity contribution in [3.8, 4) is 0 Å². The highest BCUT2D eigenvalue weighted by Gasteiger charge is 2.24. The monoisotopic (exact) mass is 245 g/mol. The summed E-state index contributed by atoms with van der Waals surface area (Å²) in [7, 11) is 1.98. The average Bonchev–Trinajstić information content (AvgIpc) is 3.00. The first-order valence-corrected chi connectivity index (χ1v) is 6.49. The third-order valence-electron chi connectivity index (χ3n) is 3.83. The first kappa shape index (κ1) is 11.7. The summed E-state index contributed by atoms with van der Waals surface area (Å²) in [5.41, 5.74) is 8.56. The highest BCUT2D eigenvalue weighted by Crippen LogP contribution is 2.22. The van der Waals surface area contributed by atoms with Gasteiger partial charge in [0.2, 0.25) is 0 Å². The highest BCUT2D eigenvalue weighted by atomic mass is 16.5. The average molecular weight is 245 g/mol. The van der Waals surface area contributed by atoms with Crippen LogP contribution < -0.4 is 5.73 Å². The number of aryl methyl sites for hydroxylation is 1. The van der Waals surface area contributed by atoms with E-state index in [1.54, 1.807) is 0 Å². The molecular formula is C14H19N3O. The zero-order valence-electron chi connectivity index (χ0n) is 10.7. The number of aromatic nitrogens is 2. The summed E-state index contributed by atoms with van der Waals surface area (Å²) in [6.45, 7) is 1.65. The molecule has 0 saturated carbocycles.